The van der Waals surface area contributed by atoms with E-state index in [-0.39, 0.29) is 6.61 Å². The fraction of sp³-hybridized carbons (Fsp3) is 0.667. The van der Waals surface area contributed by atoms with E-state index in [1.54, 1.807) is 0 Å². The van der Waals surface area contributed by atoms with Crippen molar-refractivity contribution in [2.75, 3.05) is 18.5 Å². The largest absolute Gasteiger partial charge is 0.395 e. The maximum absolute atomic E-state index is 8.67. The molecule has 1 aromatic heterocycles. The van der Waals surface area contributed by atoms with Crippen molar-refractivity contribution in [3.63, 3.8) is 0 Å². The minimum atomic E-state index is 0.105. The van der Waals surface area contributed by atoms with Gasteiger partial charge in [-0.2, -0.15) is 0 Å². The van der Waals surface area contributed by atoms with E-state index in [0.717, 1.165) is 0 Å². The molecular formula is C12H19N3O. The predicted octanol–water partition coefficient (Wildman–Crippen LogP) is 1.93. The Morgan fingerprint density at radius 1 is 1.19 bits per heavy atom. The molecule has 0 saturated heterocycles. The molecule has 1 saturated carbocycles. The molecule has 88 valence electrons. The number of hydrogen-bond donors (Lipinski definition) is 2. The monoisotopic (exact) mass is 221 g/mol. The minimum Gasteiger partial charge on any atom is -0.395 e. The summed E-state index contributed by atoms with van der Waals surface area (Å²) < 4.78 is 0. The molecule has 0 radical (unpaired) electrons. The lowest BCUT2D eigenvalue weighted by Crippen LogP contribution is -2.10. The molecular weight excluding hydrogens is 202 g/mol. The topological polar surface area (TPSA) is 58.0 Å². The molecule has 0 aliphatic heterocycles. The van der Waals surface area contributed by atoms with Crippen molar-refractivity contribution in [1.82, 2.24) is 9.97 Å². The molecule has 1 aliphatic rings. The highest BCUT2D eigenvalue weighted by molar-refractivity contribution is 5.25. The lowest BCUT2D eigenvalue weighted by molar-refractivity contribution is 0.311. The molecule has 1 fully saturated rings. The lowest BCUT2D eigenvalue weighted by Gasteiger charge is -2.21. The Balaban J connectivity index is 1.95. The number of aliphatic hydroxyl groups is 1. The van der Waals surface area contributed by atoms with E-state index in [9.17, 15) is 0 Å². The van der Waals surface area contributed by atoms with E-state index in [2.05, 4.69) is 15.3 Å². The van der Waals surface area contributed by atoms with E-state index in [4.69, 9.17) is 5.11 Å². The second-order valence-corrected chi connectivity index (χ2v) is 4.33. The maximum atomic E-state index is 8.67. The molecule has 1 heterocycles. The van der Waals surface area contributed by atoms with Crippen LogP contribution in [0.25, 0.3) is 0 Å². The predicted molar refractivity (Wildman–Crippen MR) is 63.4 cm³/mol. The van der Waals surface area contributed by atoms with Crippen LogP contribution in [0.4, 0.5) is 5.95 Å². The highest BCUT2D eigenvalue weighted by Crippen LogP contribution is 2.31. The zero-order valence-corrected chi connectivity index (χ0v) is 9.52. The molecule has 2 N–H and O–H groups in total. The SMILES string of the molecule is OCCNc1ncc(C2CCCCC2)cn1. The van der Waals surface area contributed by atoms with Crippen molar-refractivity contribution in [3.05, 3.63) is 18.0 Å². The molecule has 0 atom stereocenters. The van der Waals surface area contributed by atoms with Crippen molar-refractivity contribution >= 4 is 5.95 Å². The maximum Gasteiger partial charge on any atom is 0.222 e. The average molecular weight is 221 g/mol. The average Bonchev–Trinajstić information content (AvgIpc) is 2.38. The van der Waals surface area contributed by atoms with Crippen LogP contribution < -0.4 is 5.32 Å². The van der Waals surface area contributed by atoms with E-state index >= 15 is 0 Å². The highest BCUT2D eigenvalue weighted by atomic mass is 16.3. The van der Waals surface area contributed by atoms with Gasteiger partial charge in [0.25, 0.3) is 0 Å². The number of hydrogen-bond acceptors (Lipinski definition) is 4. The van der Waals surface area contributed by atoms with Gasteiger partial charge in [0.1, 0.15) is 0 Å². The number of rotatable bonds is 4. The van der Waals surface area contributed by atoms with Crippen LogP contribution in [0.2, 0.25) is 0 Å². The van der Waals surface area contributed by atoms with Gasteiger partial charge in [-0.1, -0.05) is 19.3 Å². The molecule has 2 rings (SSSR count). The number of aliphatic hydroxyl groups excluding tert-OH is 1. The minimum absolute atomic E-state index is 0.105. The van der Waals surface area contributed by atoms with Crippen LogP contribution in [-0.2, 0) is 0 Å². The summed E-state index contributed by atoms with van der Waals surface area (Å²) >= 11 is 0. The van der Waals surface area contributed by atoms with Crippen LogP contribution in [0.1, 0.15) is 43.6 Å². The number of nitrogens with zero attached hydrogens (tertiary/aromatic N) is 2. The van der Waals surface area contributed by atoms with Gasteiger partial charge in [-0.15, -0.1) is 0 Å². The molecule has 0 unspecified atom stereocenters. The summed E-state index contributed by atoms with van der Waals surface area (Å²) in [6.07, 6.45) is 10.4. The lowest BCUT2D eigenvalue weighted by atomic mass is 9.85. The van der Waals surface area contributed by atoms with Crippen LogP contribution in [0.15, 0.2) is 12.4 Å². The first-order valence-electron chi connectivity index (χ1n) is 6.07. The van der Waals surface area contributed by atoms with Crippen LogP contribution in [0.5, 0.6) is 0 Å². The van der Waals surface area contributed by atoms with E-state index in [1.165, 1.54) is 37.7 Å². The molecule has 1 aliphatic carbocycles. The fourth-order valence-electron chi connectivity index (χ4n) is 2.24. The van der Waals surface area contributed by atoms with E-state index in [1.807, 2.05) is 12.4 Å². The van der Waals surface area contributed by atoms with Crippen molar-refractivity contribution < 1.29 is 5.11 Å². The third-order valence-corrected chi connectivity index (χ3v) is 3.14. The second-order valence-electron chi connectivity index (χ2n) is 4.33. The van der Waals surface area contributed by atoms with Gasteiger partial charge in [0.15, 0.2) is 0 Å². The smallest absolute Gasteiger partial charge is 0.222 e. The summed E-state index contributed by atoms with van der Waals surface area (Å²) in [5.41, 5.74) is 1.26. The van der Waals surface area contributed by atoms with Gasteiger partial charge in [0.2, 0.25) is 5.95 Å². The Hall–Kier alpha value is -1.16. The Bertz CT molecular complexity index is 307. The fourth-order valence-corrected chi connectivity index (χ4v) is 2.24. The summed E-state index contributed by atoms with van der Waals surface area (Å²) in [7, 11) is 0. The van der Waals surface area contributed by atoms with Gasteiger partial charge in [0.05, 0.1) is 6.61 Å². The van der Waals surface area contributed by atoms with Gasteiger partial charge < -0.3 is 10.4 Å². The Labute approximate surface area is 96.1 Å². The van der Waals surface area contributed by atoms with Crippen LogP contribution >= 0.6 is 0 Å². The molecule has 0 spiro atoms. The van der Waals surface area contributed by atoms with E-state index in [0.29, 0.717) is 18.4 Å². The zero-order chi connectivity index (χ0) is 11.2. The summed E-state index contributed by atoms with van der Waals surface area (Å²) in [5, 5.41) is 11.6. The zero-order valence-electron chi connectivity index (χ0n) is 9.52. The van der Waals surface area contributed by atoms with Crippen molar-refractivity contribution in [2.24, 2.45) is 0 Å². The number of nitrogens with one attached hydrogen (secondary N) is 1. The van der Waals surface area contributed by atoms with Crippen molar-refractivity contribution in [2.45, 2.75) is 38.0 Å². The Morgan fingerprint density at radius 3 is 2.50 bits per heavy atom. The standard InChI is InChI=1S/C12H19N3O/c16-7-6-13-12-14-8-11(9-15-12)10-4-2-1-3-5-10/h8-10,16H,1-7H2,(H,13,14,15). The van der Waals surface area contributed by atoms with Gasteiger partial charge in [-0.05, 0) is 24.3 Å². The normalized spacial score (nSPS) is 17.3. The van der Waals surface area contributed by atoms with Crippen LogP contribution in [0, 0.1) is 0 Å². The summed E-state index contributed by atoms with van der Waals surface area (Å²) in [6, 6.07) is 0. The number of anilines is 1. The van der Waals surface area contributed by atoms with E-state index < -0.39 is 0 Å². The molecule has 16 heavy (non-hydrogen) atoms. The quantitative estimate of drug-likeness (QED) is 0.815. The van der Waals surface area contributed by atoms with Gasteiger partial charge >= 0.3 is 0 Å². The van der Waals surface area contributed by atoms with Gasteiger partial charge in [0, 0.05) is 18.9 Å². The summed E-state index contributed by atoms with van der Waals surface area (Å²) in [4.78, 5) is 8.52. The molecule has 0 bridgehead atoms. The molecule has 0 amide bonds. The van der Waals surface area contributed by atoms with Crippen molar-refractivity contribution in [1.29, 1.82) is 0 Å². The Morgan fingerprint density at radius 2 is 1.88 bits per heavy atom. The highest BCUT2D eigenvalue weighted by Gasteiger charge is 2.15. The first-order chi connectivity index (χ1) is 7.90. The first-order valence-corrected chi connectivity index (χ1v) is 6.07. The molecule has 1 aromatic rings. The Kier molecular flexibility index (Phi) is 4.10. The second kappa shape index (κ2) is 5.80. The van der Waals surface area contributed by atoms with Gasteiger partial charge in [-0.3, -0.25) is 0 Å². The molecule has 4 nitrogen and oxygen atoms in total. The van der Waals surface area contributed by atoms with Crippen LogP contribution in [0.3, 0.4) is 0 Å². The third kappa shape index (κ3) is 2.92. The summed E-state index contributed by atoms with van der Waals surface area (Å²) in [5.74, 6) is 1.26. The molecule has 4 heteroatoms. The van der Waals surface area contributed by atoms with Crippen molar-refractivity contribution in [3.8, 4) is 0 Å². The summed E-state index contributed by atoms with van der Waals surface area (Å²) in [6.45, 7) is 0.608. The van der Waals surface area contributed by atoms with Gasteiger partial charge in [-0.25, -0.2) is 9.97 Å². The van der Waals surface area contributed by atoms with Crippen LogP contribution in [-0.4, -0.2) is 28.2 Å². The first kappa shape index (κ1) is 11.3. The number of aromatic nitrogens is 2. The third-order valence-electron chi connectivity index (χ3n) is 3.14. The molecule has 0 aromatic carbocycles.